The van der Waals surface area contributed by atoms with E-state index in [1.165, 1.54) is 12.3 Å². The summed E-state index contributed by atoms with van der Waals surface area (Å²) in [5.41, 5.74) is -0.314. The van der Waals surface area contributed by atoms with Crippen molar-refractivity contribution >= 4 is 40.0 Å². The number of anilines is 1. The van der Waals surface area contributed by atoms with Gasteiger partial charge in [0.25, 0.3) is 5.91 Å². The first-order valence-corrected chi connectivity index (χ1v) is 15.0. The van der Waals surface area contributed by atoms with Crippen LogP contribution in [0.25, 0.3) is 0 Å². The smallest absolute Gasteiger partial charge is 0.396 e. The summed E-state index contributed by atoms with van der Waals surface area (Å²) in [5.74, 6) is -1.86. The summed E-state index contributed by atoms with van der Waals surface area (Å²) in [6, 6.07) is 26.4. The highest BCUT2D eigenvalue weighted by Gasteiger charge is 2.52. The third kappa shape index (κ3) is 7.70. The number of amides is 1. The lowest BCUT2D eigenvalue weighted by Crippen LogP contribution is -2.43. The number of nitrogens with one attached hydrogen (secondary N) is 2. The molecule has 1 amide bonds. The van der Waals surface area contributed by atoms with Crippen LogP contribution in [-0.2, 0) is 14.2 Å². The highest BCUT2D eigenvalue weighted by Crippen LogP contribution is 2.39. The second-order valence-corrected chi connectivity index (χ2v) is 11.5. The summed E-state index contributed by atoms with van der Waals surface area (Å²) in [5, 5.41) is 11.8. The van der Waals surface area contributed by atoms with Crippen molar-refractivity contribution in [2.75, 3.05) is 5.32 Å². The second kappa shape index (κ2) is 14.9. The molecular formula is C31H29BN4O8P. The van der Waals surface area contributed by atoms with E-state index in [0.717, 1.165) is 12.2 Å². The minimum Gasteiger partial charge on any atom is -0.452 e. The maximum Gasteiger partial charge on any atom is 0.396 e. The zero-order valence-electron chi connectivity index (χ0n) is 24.0. The fraction of sp³-hybridized carbons (Fsp3) is 0.194. The molecule has 0 saturated carbocycles. The zero-order valence-corrected chi connectivity index (χ0v) is 25.0. The molecule has 0 bridgehead atoms. The minimum absolute atomic E-state index is 0.00192. The molecule has 0 aliphatic carbocycles. The Balaban J connectivity index is 1.49. The fourth-order valence-corrected chi connectivity index (χ4v) is 5.56. The highest BCUT2D eigenvalue weighted by atomic mass is 31.1. The average molecular weight is 627 g/mol. The molecule has 1 aliphatic rings. The average Bonchev–Trinajstić information content (AvgIpc) is 3.41. The van der Waals surface area contributed by atoms with E-state index in [1.807, 2.05) is 0 Å². The molecule has 14 heteroatoms. The predicted molar refractivity (Wildman–Crippen MR) is 167 cm³/mol. The van der Waals surface area contributed by atoms with Crippen LogP contribution in [0.2, 0.25) is 0 Å². The van der Waals surface area contributed by atoms with Crippen molar-refractivity contribution in [1.29, 1.82) is 0 Å². The van der Waals surface area contributed by atoms with Crippen LogP contribution in [0.3, 0.4) is 0 Å². The largest absolute Gasteiger partial charge is 0.452 e. The Kier molecular flexibility index (Phi) is 10.5. The number of aromatic nitrogens is 2. The molecule has 45 heavy (non-hydrogen) atoms. The van der Waals surface area contributed by atoms with Gasteiger partial charge in [0.2, 0.25) is 0 Å². The van der Waals surface area contributed by atoms with Gasteiger partial charge in [0.15, 0.2) is 18.4 Å². The molecule has 1 saturated heterocycles. The number of carbonyl (C=O) groups is 3. The van der Waals surface area contributed by atoms with E-state index in [0.29, 0.717) is 5.56 Å². The molecule has 229 valence electrons. The van der Waals surface area contributed by atoms with Crippen LogP contribution in [0, 0.1) is 0 Å². The zero-order chi connectivity index (χ0) is 31.8. The third-order valence-corrected chi connectivity index (χ3v) is 8.06. The number of benzene rings is 3. The number of carbonyl (C=O) groups excluding carboxylic acids is 3. The lowest BCUT2D eigenvalue weighted by atomic mass is 10.1. The molecule has 3 aromatic carbocycles. The Hall–Kier alpha value is -4.68. The third-order valence-electron chi connectivity index (χ3n) is 6.98. The molecule has 1 unspecified atom stereocenters. The lowest BCUT2D eigenvalue weighted by molar-refractivity contribution is -0.0521. The van der Waals surface area contributed by atoms with E-state index in [1.54, 1.807) is 97.9 Å². The monoisotopic (exact) mass is 627 g/mol. The van der Waals surface area contributed by atoms with Crippen LogP contribution in [-0.4, -0.2) is 64.0 Å². The summed E-state index contributed by atoms with van der Waals surface area (Å²) in [6.45, 7) is 1.80. The Bertz CT molecular complexity index is 1680. The molecule has 4 aromatic rings. The maximum absolute atomic E-state index is 13.4. The highest BCUT2D eigenvalue weighted by molar-refractivity contribution is 7.38. The molecular weight excluding hydrogens is 598 g/mol. The van der Waals surface area contributed by atoms with E-state index in [9.17, 15) is 24.2 Å². The Labute approximate surface area is 260 Å². The summed E-state index contributed by atoms with van der Waals surface area (Å²) in [4.78, 5) is 59.3. The fourth-order valence-electron chi connectivity index (χ4n) is 4.79. The van der Waals surface area contributed by atoms with Crippen molar-refractivity contribution in [3.63, 3.8) is 0 Å². The van der Waals surface area contributed by atoms with Gasteiger partial charge < -0.3 is 29.5 Å². The van der Waals surface area contributed by atoms with Gasteiger partial charge in [-0.1, -0.05) is 70.3 Å². The van der Waals surface area contributed by atoms with Crippen LogP contribution < -0.4 is 16.0 Å². The van der Waals surface area contributed by atoms with Gasteiger partial charge in [-0.25, -0.2) is 14.4 Å². The number of nitrogens with zero attached hydrogens (tertiary/aromatic N) is 2. The van der Waals surface area contributed by atoms with E-state index >= 15 is 0 Å². The molecule has 5 rings (SSSR count). The van der Waals surface area contributed by atoms with Crippen LogP contribution in [0.4, 0.5) is 5.82 Å². The lowest BCUT2D eigenvalue weighted by Gasteiger charge is -2.27. The van der Waals surface area contributed by atoms with Crippen molar-refractivity contribution in [3.8, 4) is 0 Å². The molecule has 0 spiro atoms. The van der Waals surface area contributed by atoms with Gasteiger partial charge in [0, 0.05) is 17.4 Å². The molecule has 12 nitrogen and oxygen atoms in total. The Morgan fingerprint density at radius 3 is 1.93 bits per heavy atom. The Morgan fingerprint density at radius 2 is 1.40 bits per heavy atom. The number of hydrogen-bond acceptors (Lipinski definition) is 10. The molecule has 2 heterocycles. The predicted octanol–water partition coefficient (Wildman–Crippen LogP) is 2.94. The SMILES string of the molecule is C[C@H](PN[B]O)[C@H]1O[C@@H](n2ccc(NC(=O)c3ccccc3)nc2=O)[C@H](OC(=O)c2ccccc2)[C@@H]1OC(=O)c1ccccc1. The van der Waals surface area contributed by atoms with E-state index in [4.69, 9.17) is 14.2 Å². The molecule has 1 radical (unpaired) electrons. The van der Waals surface area contributed by atoms with Crippen LogP contribution in [0.5, 0.6) is 0 Å². The van der Waals surface area contributed by atoms with E-state index in [-0.39, 0.29) is 25.7 Å². The Morgan fingerprint density at radius 1 is 0.867 bits per heavy atom. The second-order valence-electron chi connectivity index (χ2n) is 9.99. The van der Waals surface area contributed by atoms with Gasteiger partial charge in [0.1, 0.15) is 11.9 Å². The summed E-state index contributed by atoms with van der Waals surface area (Å²) < 4.78 is 19.3. The first-order valence-electron chi connectivity index (χ1n) is 14.0. The van der Waals surface area contributed by atoms with Crippen molar-refractivity contribution < 1.29 is 33.6 Å². The first kappa shape index (κ1) is 31.7. The van der Waals surface area contributed by atoms with Gasteiger partial charge in [-0.2, -0.15) is 4.98 Å². The number of hydrogen-bond donors (Lipinski definition) is 3. The van der Waals surface area contributed by atoms with E-state index in [2.05, 4.69) is 15.3 Å². The van der Waals surface area contributed by atoms with Crippen LogP contribution >= 0.6 is 8.73 Å². The molecule has 1 aliphatic heterocycles. The first-order chi connectivity index (χ1) is 21.9. The molecule has 3 N–H and O–H groups in total. The molecule has 1 fully saturated rings. The summed E-state index contributed by atoms with van der Waals surface area (Å²) in [7, 11) is 0.698. The number of esters is 2. The molecule has 6 atom stereocenters. The number of rotatable bonds is 11. The van der Waals surface area contributed by atoms with Crippen molar-refractivity contribution in [2.45, 2.75) is 37.1 Å². The normalized spacial score (nSPS) is 20.0. The van der Waals surface area contributed by atoms with Crippen LogP contribution in [0.1, 0.15) is 44.2 Å². The van der Waals surface area contributed by atoms with Gasteiger partial charge in [-0.15, -0.1) is 0 Å². The quantitative estimate of drug-likeness (QED) is 0.128. The van der Waals surface area contributed by atoms with Crippen molar-refractivity contribution in [3.05, 3.63) is 130 Å². The maximum atomic E-state index is 13.4. The van der Waals surface area contributed by atoms with E-state index < -0.39 is 53.7 Å². The van der Waals surface area contributed by atoms with Crippen molar-refractivity contribution in [2.24, 2.45) is 0 Å². The summed E-state index contributed by atoms with van der Waals surface area (Å²) in [6.07, 6.45) is -3.24. The van der Waals surface area contributed by atoms with Gasteiger partial charge in [-0.05, 0) is 42.5 Å². The number of ether oxygens (including phenoxy) is 3. The van der Waals surface area contributed by atoms with Gasteiger partial charge in [0.05, 0.1) is 11.1 Å². The van der Waals surface area contributed by atoms with Gasteiger partial charge in [-0.3, -0.25) is 9.36 Å². The van der Waals surface area contributed by atoms with Gasteiger partial charge >= 0.3 is 25.2 Å². The standard InChI is InChI=1S/C31H29BN4O8P/c1-19(45-35-32-41)24-25(43-29(38)21-13-7-3-8-14-21)26(44-30(39)22-15-9-4-10-16-22)28(42-24)36-18-17-23(34-31(36)40)33-27(37)20-11-5-2-6-12-20/h2-19,24-26,28,35,41,45H,1H3,(H,33,34,37,40)/t19-,24+,25+,26+,28+/m0/s1. The topological polar surface area (TPSA) is 158 Å². The van der Waals surface area contributed by atoms with Crippen molar-refractivity contribution in [1.82, 2.24) is 14.5 Å². The molecule has 1 aromatic heterocycles. The summed E-state index contributed by atoms with van der Waals surface area (Å²) >= 11 is 0. The van der Waals surface area contributed by atoms with Crippen LogP contribution in [0.15, 0.2) is 108 Å². The minimum atomic E-state index is -1.29.